The molecule has 27 heavy (non-hydrogen) atoms. The molecule has 0 amide bonds. The standard InChI is InChI=1S/C22H20Br2ClNO/c1-14-7-8-15(2)21(9-14)26-12-17-10-18(23)11-19(24)22(17)27-13-16-5-3-4-6-20(16)25/h3-11,26H,12-13H2,1-2H3. The third kappa shape index (κ3) is 5.28. The predicted molar refractivity (Wildman–Crippen MR) is 121 cm³/mol. The lowest BCUT2D eigenvalue weighted by atomic mass is 10.1. The number of halogens is 3. The first-order valence-corrected chi connectivity index (χ1v) is 10.6. The molecule has 0 aliphatic rings. The first kappa shape index (κ1) is 20.2. The molecule has 3 rings (SSSR count). The summed E-state index contributed by atoms with van der Waals surface area (Å²) in [5.74, 6) is 0.816. The lowest BCUT2D eigenvalue weighted by molar-refractivity contribution is 0.301. The van der Waals surface area contributed by atoms with Gasteiger partial charge in [-0.05, 0) is 65.2 Å². The maximum Gasteiger partial charge on any atom is 0.139 e. The molecule has 3 aromatic carbocycles. The van der Waals surface area contributed by atoms with Crippen molar-refractivity contribution in [2.45, 2.75) is 27.0 Å². The molecule has 2 nitrogen and oxygen atoms in total. The van der Waals surface area contributed by atoms with E-state index in [-0.39, 0.29) is 0 Å². The lowest BCUT2D eigenvalue weighted by Crippen LogP contribution is -2.06. The molecule has 0 bridgehead atoms. The minimum Gasteiger partial charge on any atom is -0.487 e. The summed E-state index contributed by atoms with van der Waals surface area (Å²) in [6.45, 7) is 5.27. The second-order valence-electron chi connectivity index (χ2n) is 6.43. The van der Waals surface area contributed by atoms with Gasteiger partial charge < -0.3 is 10.1 Å². The van der Waals surface area contributed by atoms with Crippen molar-refractivity contribution in [3.05, 3.63) is 90.8 Å². The summed E-state index contributed by atoms with van der Waals surface area (Å²) in [4.78, 5) is 0. The van der Waals surface area contributed by atoms with Crippen molar-refractivity contribution < 1.29 is 4.74 Å². The van der Waals surface area contributed by atoms with E-state index in [4.69, 9.17) is 16.3 Å². The first-order valence-electron chi connectivity index (χ1n) is 8.59. The molecule has 0 saturated carbocycles. The largest absolute Gasteiger partial charge is 0.487 e. The summed E-state index contributed by atoms with van der Waals surface area (Å²) in [6.07, 6.45) is 0. The summed E-state index contributed by atoms with van der Waals surface area (Å²) in [7, 11) is 0. The zero-order valence-corrected chi connectivity index (χ0v) is 19.1. The summed E-state index contributed by atoms with van der Waals surface area (Å²) in [5, 5.41) is 4.24. The number of nitrogens with one attached hydrogen (secondary N) is 1. The Labute approximate surface area is 182 Å². The van der Waals surface area contributed by atoms with Crippen LogP contribution in [0, 0.1) is 13.8 Å². The predicted octanol–water partition coefficient (Wildman–Crippen LogP) is 7.67. The van der Waals surface area contributed by atoms with Gasteiger partial charge >= 0.3 is 0 Å². The smallest absolute Gasteiger partial charge is 0.139 e. The summed E-state index contributed by atoms with van der Waals surface area (Å²) in [5.41, 5.74) is 5.59. The maximum atomic E-state index is 6.26. The second kappa shape index (κ2) is 9.13. The van der Waals surface area contributed by atoms with E-state index in [0.717, 1.165) is 31.5 Å². The van der Waals surface area contributed by atoms with Gasteiger partial charge in [-0.2, -0.15) is 0 Å². The third-order valence-corrected chi connectivity index (χ3v) is 5.69. The number of anilines is 1. The van der Waals surface area contributed by atoms with Crippen molar-refractivity contribution in [3.63, 3.8) is 0 Å². The average Bonchev–Trinajstić information content (AvgIpc) is 2.63. The van der Waals surface area contributed by atoms with Crippen LogP contribution in [-0.2, 0) is 13.2 Å². The number of hydrogen-bond donors (Lipinski definition) is 1. The Kier molecular flexibility index (Phi) is 6.85. The molecule has 0 aliphatic heterocycles. The van der Waals surface area contributed by atoms with Crippen LogP contribution in [0.3, 0.4) is 0 Å². The molecule has 0 heterocycles. The highest BCUT2D eigenvalue weighted by atomic mass is 79.9. The Morgan fingerprint density at radius 1 is 0.963 bits per heavy atom. The number of ether oxygens (including phenoxy) is 1. The van der Waals surface area contributed by atoms with Gasteiger partial charge in [0.1, 0.15) is 12.4 Å². The first-order chi connectivity index (χ1) is 12.9. The van der Waals surface area contributed by atoms with Crippen molar-refractivity contribution in [2.75, 3.05) is 5.32 Å². The summed E-state index contributed by atoms with van der Waals surface area (Å²) in [6, 6.07) is 18.2. The van der Waals surface area contributed by atoms with Crippen LogP contribution in [0.1, 0.15) is 22.3 Å². The quantitative estimate of drug-likeness (QED) is 0.368. The van der Waals surface area contributed by atoms with E-state index in [0.29, 0.717) is 18.2 Å². The molecule has 0 radical (unpaired) electrons. The van der Waals surface area contributed by atoms with E-state index >= 15 is 0 Å². The maximum absolute atomic E-state index is 6.26. The molecule has 0 spiro atoms. The van der Waals surface area contributed by atoms with Crippen molar-refractivity contribution >= 4 is 49.1 Å². The highest BCUT2D eigenvalue weighted by Gasteiger charge is 2.12. The van der Waals surface area contributed by atoms with Crippen LogP contribution in [0.25, 0.3) is 0 Å². The summed E-state index contributed by atoms with van der Waals surface area (Å²) >= 11 is 13.5. The molecule has 3 aromatic rings. The zero-order chi connectivity index (χ0) is 19.4. The van der Waals surface area contributed by atoms with Gasteiger partial charge in [-0.25, -0.2) is 0 Å². The van der Waals surface area contributed by atoms with Gasteiger partial charge in [0, 0.05) is 32.9 Å². The fraction of sp³-hybridized carbons (Fsp3) is 0.182. The normalized spacial score (nSPS) is 10.7. The van der Waals surface area contributed by atoms with Gasteiger partial charge in [-0.1, -0.05) is 57.9 Å². The van der Waals surface area contributed by atoms with Crippen molar-refractivity contribution in [1.82, 2.24) is 0 Å². The van der Waals surface area contributed by atoms with Crippen LogP contribution in [0.2, 0.25) is 5.02 Å². The fourth-order valence-corrected chi connectivity index (χ4v) is 4.41. The molecule has 0 aliphatic carbocycles. The lowest BCUT2D eigenvalue weighted by Gasteiger charge is -2.17. The number of rotatable bonds is 6. The molecule has 0 fully saturated rings. The number of hydrogen-bond acceptors (Lipinski definition) is 2. The average molecular weight is 510 g/mol. The molecule has 0 atom stereocenters. The molecule has 0 aromatic heterocycles. The Morgan fingerprint density at radius 3 is 2.52 bits per heavy atom. The van der Waals surface area contributed by atoms with Gasteiger partial charge in [-0.3, -0.25) is 0 Å². The molecular weight excluding hydrogens is 490 g/mol. The van der Waals surface area contributed by atoms with Crippen molar-refractivity contribution in [1.29, 1.82) is 0 Å². The molecule has 0 unspecified atom stereocenters. The minimum atomic E-state index is 0.413. The van der Waals surface area contributed by atoms with Gasteiger partial charge in [-0.15, -0.1) is 0 Å². The van der Waals surface area contributed by atoms with E-state index in [1.165, 1.54) is 11.1 Å². The van der Waals surface area contributed by atoms with E-state index in [1.807, 2.05) is 30.3 Å². The fourth-order valence-electron chi connectivity index (χ4n) is 2.79. The Morgan fingerprint density at radius 2 is 1.74 bits per heavy atom. The minimum absolute atomic E-state index is 0.413. The van der Waals surface area contributed by atoms with Gasteiger partial charge in [0.25, 0.3) is 0 Å². The van der Waals surface area contributed by atoms with Crippen LogP contribution >= 0.6 is 43.5 Å². The van der Waals surface area contributed by atoms with E-state index in [9.17, 15) is 0 Å². The Bertz CT molecular complexity index is 959. The van der Waals surface area contributed by atoms with Crippen molar-refractivity contribution in [2.24, 2.45) is 0 Å². The molecule has 5 heteroatoms. The molecular formula is C22H20Br2ClNO. The Hall–Kier alpha value is -1.49. The van der Waals surface area contributed by atoms with Gasteiger partial charge in [0.15, 0.2) is 0 Å². The molecule has 0 saturated heterocycles. The topological polar surface area (TPSA) is 21.3 Å². The molecule has 140 valence electrons. The highest BCUT2D eigenvalue weighted by Crippen LogP contribution is 2.34. The number of benzene rings is 3. The van der Waals surface area contributed by atoms with Gasteiger partial charge in [0.2, 0.25) is 0 Å². The molecule has 1 N–H and O–H groups in total. The van der Waals surface area contributed by atoms with Crippen LogP contribution in [0.15, 0.2) is 63.5 Å². The van der Waals surface area contributed by atoms with E-state index < -0.39 is 0 Å². The van der Waals surface area contributed by atoms with Crippen LogP contribution in [0.5, 0.6) is 5.75 Å². The van der Waals surface area contributed by atoms with Gasteiger partial charge in [0.05, 0.1) is 4.47 Å². The zero-order valence-electron chi connectivity index (χ0n) is 15.2. The number of aryl methyl sites for hydroxylation is 2. The van der Waals surface area contributed by atoms with E-state index in [2.05, 4.69) is 75.3 Å². The van der Waals surface area contributed by atoms with Crippen molar-refractivity contribution in [3.8, 4) is 5.75 Å². The summed E-state index contributed by atoms with van der Waals surface area (Å²) < 4.78 is 8.04. The second-order valence-corrected chi connectivity index (χ2v) is 8.61. The van der Waals surface area contributed by atoms with Crippen LogP contribution in [0.4, 0.5) is 5.69 Å². The SMILES string of the molecule is Cc1ccc(C)c(NCc2cc(Br)cc(Br)c2OCc2ccccc2Cl)c1. The van der Waals surface area contributed by atoms with E-state index in [1.54, 1.807) is 0 Å². The van der Waals surface area contributed by atoms with Crippen LogP contribution in [-0.4, -0.2) is 0 Å². The van der Waals surface area contributed by atoms with Crippen LogP contribution < -0.4 is 10.1 Å². The Balaban J connectivity index is 1.82. The monoisotopic (exact) mass is 507 g/mol. The highest BCUT2D eigenvalue weighted by molar-refractivity contribution is 9.11. The third-order valence-electron chi connectivity index (χ3n) is 4.28.